The molecule has 1 aliphatic rings. The molecule has 3 rings (SSSR count). The average molecular weight is 411 g/mol. The quantitative estimate of drug-likeness (QED) is 0.603. The molecule has 0 spiro atoms. The maximum absolute atomic E-state index is 11.7. The fourth-order valence-corrected chi connectivity index (χ4v) is 3.51. The van der Waals surface area contributed by atoms with Crippen LogP contribution >= 0.6 is 0 Å². The first-order valence-corrected chi connectivity index (χ1v) is 9.52. The molecule has 0 saturated heterocycles. The monoisotopic (exact) mass is 411 g/mol. The molecule has 2 aromatic rings. The van der Waals surface area contributed by atoms with Gasteiger partial charge in [-0.1, -0.05) is 12.1 Å². The first-order chi connectivity index (χ1) is 14.4. The van der Waals surface area contributed by atoms with Crippen LogP contribution in [0.3, 0.4) is 0 Å². The molecule has 1 aliphatic carbocycles. The van der Waals surface area contributed by atoms with Crippen LogP contribution in [-0.2, 0) is 4.79 Å². The number of phenols is 2. The van der Waals surface area contributed by atoms with Gasteiger partial charge in [-0.15, -0.1) is 0 Å². The van der Waals surface area contributed by atoms with E-state index in [9.17, 15) is 15.0 Å². The molecule has 8 heteroatoms. The van der Waals surface area contributed by atoms with Gasteiger partial charge in [-0.2, -0.15) is 0 Å². The molecular formula is C22H25N3O5. The van der Waals surface area contributed by atoms with Crippen molar-refractivity contribution >= 4 is 18.3 Å². The lowest BCUT2D eigenvalue weighted by Gasteiger charge is -2.12. The predicted molar refractivity (Wildman–Crippen MR) is 114 cm³/mol. The number of carbonyl (C=O) groups excluding carboxylic acids is 1. The summed E-state index contributed by atoms with van der Waals surface area (Å²) in [5.74, 6) is -0.0375. The molecule has 3 atom stereocenters. The van der Waals surface area contributed by atoms with Gasteiger partial charge < -0.3 is 25.4 Å². The molecule has 0 aromatic heterocycles. The van der Waals surface area contributed by atoms with Crippen LogP contribution in [0.1, 0.15) is 24.0 Å². The Hall–Kier alpha value is -3.55. The van der Waals surface area contributed by atoms with Crippen LogP contribution in [-0.4, -0.2) is 54.9 Å². The zero-order valence-electron chi connectivity index (χ0n) is 16.9. The molecule has 2 aromatic carbocycles. The lowest BCUT2D eigenvalue weighted by molar-refractivity contribution is -0.121. The van der Waals surface area contributed by atoms with E-state index in [4.69, 9.17) is 15.2 Å². The molecule has 0 heterocycles. The van der Waals surface area contributed by atoms with Crippen molar-refractivity contribution < 1.29 is 24.5 Å². The highest BCUT2D eigenvalue weighted by molar-refractivity contribution is 5.86. The number of benzene rings is 2. The average Bonchev–Trinajstić information content (AvgIpc) is 3.16. The van der Waals surface area contributed by atoms with E-state index in [2.05, 4.69) is 9.98 Å². The van der Waals surface area contributed by atoms with Crippen LogP contribution in [0.25, 0.3) is 0 Å². The molecule has 0 bridgehead atoms. The SMILES string of the molecule is COc1cccc(C=N[C@H]2CC(C(N)=O)C[C@H]2N=Cc2cccc(OC)c2O)c1O. The molecule has 4 N–H and O–H groups in total. The molecule has 30 heavy (non-hydrogen) atoms. The number of hydrogen-bond acceptors (Lipinski definition) is 7. The van der Waals surface area contributed by atoms with E-state index in [1.165, 1.54) is 14.2 Å². The van der Waals surface area contributed by atoms with Gasteiger partial charge in [0.25, 0.3) is 0 Å². The minimum Gasteiger partial charge on any atom is -0.504 e. The van der Waals surface area contributed by atoms with Crippen molar-refractivity contribution in [1.82, 2.24) is 0 Å². The van der Waals surface area contributed by atoms with E-state index in [-0.39, 0.29) is 35.4 Å². The molecule has 0 radical (unpaired) electrons. The van der Waals surface area contributed by atoms with Crippen molar-refractivity contribution in [2.24, 2.45) is 21.6 Å². The summed E-state index contributed by atoms with van der Waals surface area (Å²) in [5.41, 5.74) is 6.51. The molecule has 8 nitrogen and oxygen atoms in total. The number of para-hydroxylation sites is 2. The summed E-state index contributed by atoms with van der Waals surface area (Å²) in [7, 11) is 2.95. The van der Waals surface area contributed by atoms with Crippen molar-refractivity contribution in [3.63, 3.8) is 0 Å². The second-order valence-electron chi connectivity index (χ2n) is 7.06. The second-order valence-corrected chi connectivity index (χ2v) is 7.06. The molecule has 1 fully saturated rings. The van der Waals surface area contributed by atoms with E-state index in [0.717, 1.165) is 0 Å². The van der Waals surface area contributed by atoms with Crippen molar-refractivity contribution in [3.8, 4) is 23.0 Å². The summed E-state index contributed by atoms with van der Waals surface area (Å²) >= 11 is 0. The summed E-state index contributed by atoms with van der Waals surface area (Å²) in [5, 5.41) is 20.5. The number of nitrogens with two attached hydrogens (primary N) is 1. The van der Waals surface area contributed by atoms with Crippen LogP contribution in [0.5, 0.6) is 23.0 Å². The second kappa shape index (κ2) is 9.30. The number of ether oxygens (including phenoxy) is 2. The molecular weight excluding hydrogens is 386 g/mol. The topological polar surface area (TPSA) is 127 Å². The Labute approximate surface area is 174 Å². The minimum atomic E-state index is -0.388. The van der Waals surface area contributed by atoms with E-state index >= 15 is 0 Å². The highest BCUT2D eigenvalue weighted by Crippen LogP contribution is 2.33. The Morgan fingerprint density at radius 2 is 1.37 bits per heavy atom. The van der Waals surface area contributed by atoms with Gasteiger partial charge in [-0.25, -0.2) is 0 Å². The summed E-state index contributed by atoms with van der Waals surface area (Å²) in [6, 6.07) is 9.65. The number of methoxy groups -OCH3 is 2. The van der Waals surface area contributed by atoms with E-state index < -0.39 is 0 Å². The number of aliphatic imine (C=N–C) groups is 2. The van der Waals surface area contributed by atoms with Gasteiger partial charge in [0.2, 0.25) is 5.91 Å². The highest BCUT2D eigenvalue weighted by Gasteiger charge is 2.36. The van der Waals surface area contributed by atoms with E-state index in [0.29, 0.717) is 35.5 Å². The fourth-order valence-electron chi connectivity index (χ4n) is 3.51. The van der Waals surface area contributed by atoms with Gasteiger partial charge in [0.15, 0.2) is 23.0 Å². The standard InChI is InChI=1S/C22H25N3O5/c1-29-18-7-3-5-13(20(18)26)11-24-16-9-15(22(23)28)10-17(16)25-12-14-6-4-8-19(30-2)21(14)27/h3-8,11-12,15-17,26-27H,9-10H2,1-2H3,(H2,23,28)/t15?,16-,17+. The Morgan fingerprint density at radius 1 is 0.933 bits per heavy atom. The number of carbonyl (C=O) groups is 1. The van der Waals surface area contributed by atoms with Gasteiger partial charge in [0, 0.05) is 29.5 Å². The molecule has 0 aliphatic heterocycles. The number of aromatic hydroxyl groups is 2. The van der Waals surface area contributed by atoms with E-state index in [1.54, 1.807) is 48.8 Å². The van der Waals surface area contributed by atoms with E-state index in [1.807, 2.05) is 0 Å². The first kappa shape index (κ1) is 21.2. The zero-order valence-corrected chi connectivity index (χ0v) is 16.9. The van der Waals surface area contributed by atoms with Gasteiger partial charge in [0.1, 0.15) is 0 Å². The van der Waals surface area contributed by atoms with Crippen LogP contribution in [0.4, 0.5) is 0 Å². The largest absolute Gasteiger partial charge is 0.504 e. The fraction of sp³-hybridized carbons (Fsp3) is 0.318. The third kappa shape index (κ3) is 4.53. The highest BCUT2D eigenvalue weighted by atomic mass is 16.5. The lowest BCUT2D eigenvalue weighted by Crippen LogP contribution is -2.21. The van der Waals surface area contributed by atoms with Crippen LogP contribution < -0.4 is 15.2 Å². The molecule has 158 valence electrons. The van der Waals surface area contributed by atoms with Crippen LogP contribution in [0, 0.1) is 5.92 Å². The third-order valence-corrected chi connectivity index (χ3v) is 5.21. The van der Waals surface area contributed by atoms with Crippen LogP contribution in [0.2, 0.25) is 0 Å². The third-order valence-electron chi connectivity index (χ3n) is 5.21. The van der Waals surface area contributed by atoms with Crippen molar-refractivity contribution in [2.75, 3.05) is 14.2 Å². The predicted octanol–water partition coefficient (Wildman–Crippen LogP) is 2.29. The Bertz CT molecular complexity index is 902. The maximum atomic E-state index is 11.7. The van der Waals surface area contributed by atoms with Gasteiger partial charge in [-0.3, -0.25) is 14.8 Å². The normalized spacial score (nSPS) is 21.3. The molecule has 1 amide bonds. The molecule has 1 unspecified atom stereocenters. The van der Waals surface area contributed by atoms with Crippen molar-refractivity contribution in [3.05, 3.63) is 47.5 Å². The number of hydrogen-bond donors (Lipinski definition) is 3. The number of rotatable bonds is 7. The van der Waals surface area contributed by atoms with Crippen molar-refractivity contribution in [2.45, 2.75) is 24.9 Å². The lowest BCUT2D eigenvalue weighted by atomic mass is 10.1. The first-order valence-electron chi connectivity index (χ1n) is 9.52. The van der Waals surface area contributed by atoms with Gasteiger partial charge in [0.05, 0.1) is 26.3 Å². The number of nitrogens with zero attached hydrogens (tertiary/aromatic N) is 2. The Balaban J connectivity index is 1.84. The number of phenolic OH excluding ortho intramolecular Hbond substituents is 2. The number of primary amides is 1. The smallest absolute Gasteiger partial charge is 0.220 e. The van der Waals surface area contributed by atoms with Crippen LogP contribution in [0.15, 0.2) is 46.4 Å². The number of amides is 1. The maximum Gasteiger partial charge on any atom is 0.220 e. The minimum absolute atomic E-state index is 0.00504. The summed E-state index contributed by atoms with van der Waals surface area (Å²) in [4.78, 5) is 20.8. The van der Waals surface area contributed by atoms with Gasteiger partial charge in [-0.05, 0) is 37.1 Å². The summed E-state index contributed by atoms with van der Waals surface area (Å²) in [6.07, 6.45) is 4.03. The van der Waals surface area contributed by atoms with Crippen molar-refractivity contribution in [1.29, 1.82) is 0 Å². The Morgan fingerprint density at radius 3 is 1.73 bits per heavy atom. The summed E-state index contributed by atoms with van der Waals surface area (Å²) < 4.78 is 10.2. The Kier molecular flexibility index (Phi) is 6.56. The molecule has 1 saturated carbocycles. The zero-order chi connectivity index (χ0) is 21.7. The van der Waals surface area contributed by atoms with Gasteiger partial charge >= 0.3 is 0 Å². The summed E-state index contributed by atoms with van der Waals surface area (Å²) in [6.45, 7) is 0.